The third-order valence-corrected chi connectivity index (χ3v) is 3.61. The molecule has 0 bridgehead atoms. The van der Waals surface area contributed by atoms with Gasteiger partial charge in [0.1, 0.15) is 11.6 Å². The molecule has 0 spiro atoms. The molecular formula is C14H17ClN4S. The molecule has 0 aliphatic heterocycles. The molecule has 0 aliphatic rings. The van der Waals surface area contributed by atoms with E-state index < -0.39 is 0 Å². The summed E-state index contributed by atoms with van der Waals surface area (Å²) in [5, 5.41) is 4.56. The molecule has 1 N–H and O–H groups in total. The molecule has 0 fully saturated rings. The van der Waals surface area contributed by atoms with Crippen LogP contribution in [0.5, 0.6) is 0 Å². The largest absolute Gasteiger partial charge is 0.373 e. The minimum atomic E-state index is 0.745. The van der Waals surface area contributed by atoms with Crippen molar-refractivity contribution in [3.63, 3.8) is 0 Å². The zero-order valence-corrected chi connectivity index (χ0v) is 13.3. The van der Waals surface area contributed by atoms with Gasteiger partial charge in [-0.2, -0.15) is 0 Å². The summed E-state index contributed by atoms with van der Waals surface area (Å²) in [7, 11) is 3.86. The molecule has 1 aromatic heterocycles. The van der Waals surface area contributed by atoms with Crippen LogP contribution in [-0.2, 0) is 6.54 Å². The maximum absolute atomic E-state index is 6.01. The fourth-order valence-corrected chi connectivity index (χ4v) is 2.41. The SMILES string of the molecule is CNc1cc(N(C)Cc2cccc(Cl)c2)nc(SC)n1. The Bertz CT molecular complexity index is 569. The van der Waals surface area contributed by atoms with Crippen molar-refractivity contribution in [2.24, 2.45) is 0 Å². The van der Waals surface area contributed by atoms with Crippen LogP contribution >= 0.6 is 23.4 Å². The van der Waals surface area contributed by atoms with E-state index in [1.54, 1.807) is 0 Å². The van der Waals surface area contributed by atoms with Crippen molar-refractivity contribution in [3.05, 3.63) is 40.9 Å². The van der Waals surface area contributed by atoms with Gasteiger partial charge in [0.2, 0.25) is 0 Å². The summed E-state index contributed by atoms with van der Waals surface area (Å²) in [5.74, 6) is 1.70. The Labute approximate surface area is 128 Å². The fraction of sp³-hybridized carbons (Fsp3) is 0.286. The maximum atomic E-state index is 6.01. The van der Waals surface area contributed by atoms with E-state index in [9.17, 15) is 0 Å². The van der Waals surface area contributed by atoms with Crippen molar-refractivity contribution in [3.8, 4) is 0 Å². The van der Waals surface area contributed by atoms with Gasteiger partial charge in [0.15, 0.2) is 5.16 Å². The maximum Gasteiger partial charge on any atom is 0.191 e. The van der Waals surface area contributed by atoms with Crippen LogP contribution in [0.3, 0.4) is 0 Å². The van der Waals surface area contributed by atoms with Gasteiger partial charge in [-0.3, -0.25) is 0 Å². The van der Waals surface area contributed by atoms with Crippen LogP contribution in [0.2, 0.25) is 5.02 Å². The summed E-state index contributed by atoms with van der Waals surface area (Å²) in [5.41, 5.74) is 1.15. The van der Waals surface area contributed by atoms with Crippen molar-refractivity contribution in [1.82, 2.24) is 9.97 Å². The Morgan fingerprint density at radius 1 is 1.30 bits per heavy atom. The minimum absolute atomic E-state index is 0.745. The predicted octanol–water partition coefficient (Wildman–Crippen LogP) is 3.53. The highest BCUT2D eigenvalue weighted by atomic mass is 35.5. The zero-order chi connectivity index (χ0) is 14.5. The van der Waals surface area contributed by atoms with E-state index >= 15 is 0 Å². The van der Waals surface area contributed by atoms with Crippen LogP contribution in [0.1, 0.15) is 5.56 Å². The number of hydrogen-bond acceptors (Lipinski definition) is 5. The zero-order valence-electron chi connectivity index (χ0n) is 11.7. The lowest BCUT2D eigenvalue weighted by molar-refractivity contribution is 0.858. The van der Waals surface area contributed by atoms with Gasteiger partial charge in [-0.15, -0.1) is 0 Å². The highest BCUT2D eigenvalue weighted by Crippen LogP contribution is 2.21. The third kappa shape index (κ3) is 3.77. The van der Waals surface area contributed by atoms with Gasteiger partial charge in [-0.05, 0) is 24.0 Å². The van der Waals surface area contributed by atoms with Crippen LogP contribution in [-0.4, -0.2) is 30.3 Å². The number of nitrogens with one attached hydrogen (secondary N) is 1. The molecule has 0 saturated heterocycles. The number of thioether (sulfide) groups is 1. The highest BCUT2D eigenvalue weighted by molar-refractivity contribution is 7.98. The average molecular weight is 309 g/mol. The van der Waals surface area contributed by atoms with Crippen molar-refractivity contribution >= 4 is 35.0 Å². The number of anilines is 2. The summed E-state index contributed by atoms with van der Waals surface area (Å²) in [6.07, 6.45) is 1.97. The molecule has 20 heavy (non-hydrogen) atoms. The first-order valence-electron chi connectivity index (χ1n) is 6.19. The fourth-order valence-electron chi connectivity index (χ4n) is 1.82. The Morgan fingerprint density at radius 2 is 2.10 bits per heavy atom. The molecule has 2 rings (SSSR count). The van der Waals surface area contributed by atoms with Gasteiger partial charge in [-0.1, -0.05) is 35.5 Å². The molecule has 1 aromatic carbocycles. The Kier molecular flexibility index (Phi) is 5.09. The lowest BCUT2D eigenvalue weighted by Gasteiger charge is -2.19. The normalized spacial score (nSPS) is 10.4. The minimum Gasteiger partial charge on any atom is -0.373 e. The summed E-state index contributed by atoms with van der Waals surface area (Å²) < 4.78 is 0. The van der Waals surface area contributed by atoms with Crippen LogP contribution < -0.4 is 10.2 Å². The van der Waals surface area contributed by atoms with E-state index in [1.165, 1.54) is 11.8 Å². The summed E-state index contributed by atoms with van der Waals surface area (Å²) >= 11 is 7.54. The van der Waals surface area contributed by atoms with E-state index in [0.717, 1.165) is 33.9 Å². The smallest absolute Gasteiger partial charge is 0.191 e. The van der Waals surface area contributed by atoms with Crippen LogP contribution in [0, 0.1) is 0 Å². The molecule has 0 unspecified atom stereocenters. The van der Waals surface area contributed by atoms with E-state index in [0.29, 0.717) is 0 Å². The summed E-state index contributed by atoms with van der Waals surface area (Å²) in [6.45, 7) is 0.745. The predicted molar refractivity (Wildman–Crippen MR) is 86.9 cm³/mol. The van der Waals surface area contributed by atoms with Gasteiger partial charge in [0.25, 0.3) is 0 Å². The van der Waals surface area contributed by atoms with Gasteiger partial charge < -0.3 is 10.2 Å². The van der Waals surface area contributed by atoms with Crippen molar-refractivity contribution < 1.29 is 0 Å². The topological polar surface area (TPSA) is 41.0 Å². The summed E-state index contributed by atoms with van der Waals surface area (Å²) in [6, 6.07) is 9.79. The Morgan fingerprint density at radius 3 is 2.75 bits per heavy atom. The van der Waals surface area contributed by atoms with Crippen LogP contribution in [0.4, 0.5) is 11.6 Å². The first kappa shape index (κ1) is 14.9. The third-order valence-electron chi connectivity index (χ3n) is 2.83. The Hall–Kier alpha value is -1.46. The number of rotatable bonds is 5. The van der Waals surface area contributed by atoms with Crippen LogP contribution in [0.15, 0.2) is 35.5 Å². The van der Waals surface area contributed by atoms with E-state index in [-0.39, 0.29) is 0 Å². The molecular weight excluding hydrogens is 292 g/mol. The molecule has 0 amide bonds. The second kappa shape index (κ2) is 6.81. The first-order chi connectivity index (χ1) is 9.62. The number of hydrogen-bond donors (Lipinski definition) is 1. The summed E-state index contributed by atoms with van der Waals surface area (Å²) in [4.78, 5) is 11.0. The number of halogens is 1. The average Bonchev–Trinajstić information content (AvgIpc) is 2.46. The molecule has 1 heterocycles. The monoisotopic (exact) mass is 308 g/mol. The molecule has 106 valence electrons. The molecule has 0 radical (unpaired) electrons. The standard InChI is InChI=1S/C14H17ClN4S/c1-16-12-8-13(18-14(17-12)20-3)19(2)9-10-5-4-6-11(15)7-10/h4-8H,9H2,1-3H3,(H,16,17,18). The van der Waals surface area contributed by atoms with Gasteiger partial charge in [0.05, 0.1) is 0 Å². The highest BCUT2D eigenvalue weighted by Gasteiger charge is 2.08. The lowest BCUT2D eigenvalue weighted by Crippen LogP contribution is -2.18. The number of benzene rings is 1. The molecule has 2 aromatic rings. The lowest BCUT2D eigenvalue weighted by atomic mass is 10.2. The van der Waals surface area contributed by atoms with Crippen LogP contribution in [0.25, 0.3) is 0 Å². The second-order valence-corrected chi connectivity index (χ2v) is 5.54. The molecule has 0 atom stereocenters. The van der Waals surface area contributed by atoms with E-state index in [1.807, 2.05) is 44.6 Å². The van der Waals surface area contributed by atoms with Crippen molar-refractivity contribution in [2.75, 3.05) is 30.6 Å². The van der Waals surface area contributed by atoms with Crippen molar-refractivity contribution in [1.29, 1.82) is 0 Å². The Balaban J connectivity index is 2.22. The first-order valence-corrected chi connectivity index (χ1v) is 7.79. The number of aromatic nitrogens is 2. The second-order valence-electron chi connectivity index (χ2n) is 4.33. The molecule has 6 heteroatoms. The van der Waals surface area contributed by atoms with E-state index in [2.05, 4.69) is 26.3 Å². The van der Waals surface area contributed by atoms with Crippen molar-refractivity contribution in [2.45, 2.75) is 11.7 Å². The number of nitrogens with zero attached hydrogens (tertiary/aromatic N) is 3. The molecule has 4 nitrogen and oxygen atoms in total. The molecule has 0 aliphatic carbocycles. The van der Waals surface area contributed by atoms with Gasteiger partial charge >= 0.3 is 0 Å². The van der Waals surface area contributed by atoms with Gasteiger partial charge in [-0.25, -0.2) is 9.97 Å². The van der Waals surface area contributed by atoms with Gasteiger partial charge in [0, 0.05) is 31.7 Å². The van der Waals surface area contributed by atoms with E-state index in [4.69, 9.17) is 11.6 Å². The quantitative estimate of drug-likeness (QED) is 0.676. The molecule has 0 saturated carbocycles.